The van der Waals surface area contributed by atoms with Crippen molar-refractivity contribution in [1.82, 2.24) is 4.98 Å². The van der Waals surface area contributed by atoms with Gasteiger partial charge in [-0.15, -0.1) is 11.3 Å². The van der Waals surface area contributed by atoms with E-state index in [0.717, 1.165) is 10.6 Å². The number of thiazole rings is 1. The monoisotopic (exact) mass is 143 g/mol. The molecule has 0 saturated carbocycles. The molecule has 0 bridgehead atoms. The number of nitrogen functional groups attached to an aromatic ring is 1. The van der Waals surface area contributed by atoms with Crippen molar-refractivity contribution in [2.75, 3.05) is 5.73 Å². The van der Waals surface area contributed by atoms with Crippen molar-refractivity contribution in [3.63, 3.8) is 0 Å². The van der Waals surface area contributed by atoms with Crippen LogP contribution in [0.15, 0.2) is 0 Å². The molecule has 50 valence electrons. The third kappa shape index (κ3) is 1.20. The van der Waals surface area contributed by atoms with E-state index in [1.165, 1.54) is 11.3 Å². The minimum atomic E-state index is 0.542. The van der Waals surface area contributed by atoms with E-state index in [-0.39, 0.29) is 0 Å². The predicted octanol–water partition coefficient (Wildman–Crippen LogP) is 0.492. The van der Waals surface area contributed by atoms with Crippen molar-refractivity contribution in [2.45, 2.75) is 13.5 Å². The lowest BCUT2D eigenvalue weighted by atomic mass is 10.4. The number of nitrogens with zero attached hydrogens (tertiary/aromatic N) is 1. The van der Waals surface area contributed by atoms with E-state index in [2.05, 4.69) is 4.98 Å². The molecule has 0 saturated heterocycles. The summed E-state index contributed by atoms with van der Waals surface area (Å²) in [5, 5.41) is 0.605. The Morgan fingerprint density at radius 2 is 2.33 bits per heavy atom. The number of anilines is 1. The fraction of sp³-hybridized carbons (Fsp3) is 0.400. The van der Waals surface area contributed by atoms with E-state index in [1.54, 1.807) is 0 Å². The van der Waals surface area contributed by atoms with Crippen LogP contribution in [0.1, 0.15) is 10.6 Å². The Morgan fingerprint density at radius 3 is 2.56 bits per heavy atom. The highest BCUT2D eigenvalue weighted by atomic mass is 32.1. The van der Waals surface area contributed by atoms with Gasteiger partial charge in [0.1, 0.15) is 0 Å². The molecule has 0 aliphatic rings. The maximum absolute atomic E-state index is 5.41. The first-order valence-electron chi connectivity index (χ1n) is 2.66. The summed E-state index contributed by atoms with van der Waals surface area (Å²) < 4.78 is 0. The summed E-state index contributed by atoms with van der Waals surface area (Å²) in [6.07, 6.45) is 0. The van der Waals surface area contributed by atoms with Crippen molar-refractivity contribution >= 4 is 16.5 Å². The van der Waals surface area contributed by atoms with Crippen LogP contribution in [0.3, 0.4) is 0 Å². The summed E-state index contributed by atoms with van der Waals surface area (Å²) in [7, 11) is 0. The van der Waals surface area contributed by atoms with Crippen molar-refractivity contribution in [2.24, 2.45) is 5.73 Å². The minimum Gasteiger partial charge on any atom is -0.375 e. The molecule has 0 aliphatic heterocycles. The third-order valence-corrected chi connectivity index (χ3v) is 2.10. The second kappa shape index (κ2) is 2.33. The molecule has 4 N–H and O–H groups in total. The Labute approximate surface area is 57.7 Å². The predicted molar refractivity (Wildman–Crippen MR) is 39.2 cm³/mol. The molecule has 9 heavy (non-hydrogen) atoms. The van der Waals surface area contributed by atoms with Crippen LogP contribution >= 0.6 is 11.3 Å². The van der Waals surface area contributed by atoms with E-state index < -0.39 is 0 Å². The average Bonchev–Trinajstić information content (AvgIpc) is 2.10. The van der Waals surface area contributed by atoms with Crippen molar-refractivity contribution in [3.8, 4) is 0 Å². The summed E-state index contributed by atoms with van der Waals surface area (Å²) in [5.41, 5.74) is 11.7. The summed E-state index contributed by atoms with van der Waals surface area (Å²) in [6.45, 7) is 2.45. The Hall–Kier alpha value is -0.610. The molecule has 0 fully saturated rings. The Balaban J connectivity index is 3.01. The molecule has 4 heteroatoms. The molecular formula is C5H9N3S. The summed E-state index contributed by atoms with van der Waals surface area (Å²) in [6, 6.07) is 0. The first-order chi connectivity index (χ1) is 4.24. The van der Waals surface area contributed by atoms with Crippen molar-refractivity contribution in [3.05, 3.63) is 10.6 Å². The van der Waals surface area contributed by atoms with Crippen LogP contribution < -0.4 is 11.5 Å². The molecule has 1 aromatic heterocycles. The molecule has 0 unspecified atom stereocenters. The van der Waals surface area contributed by atoms with Crippen LogP contribution in [0.25, 0.3) is 0 Å². The molecular weight excluding hydrogens is 134 g/mol. The molecule has 1 rings (SSSR count). The van der Waals surface area contributed by atoms with Gasteiger partial charge in [0.25, 0.3) is 0 Å². The van der Waals surface area contributed by atoms with E-state index in [0.29, 0.717) is 11.7 Å². The largest absolute Gasteiger partial charge is 0.375 e. The Kier molecular flexibility index (Phi) is 1.68. The van der Waals surface area contributed by atoms with Gasteiger partial charge in [0, 0.05) is 11.4 Å². The lowest BCUT2D eigenvalue weighted by Crippen LogP contribution is -1.94. The summed E-state index contributed by atoms with van der Waals surface area (Å²) in [5.74, 6) is 0. The number of nitrogens with two attached hydrogens (primary N) is 2. The van der Waals surface area contributed by atoms with Crippen LogP contribution in [0.2, 0.25) is 0 Å². The summed E-state index contributed by atoms with van der Waals surface area (Å²) >= 11 is 1.46. The van der Waals surface area contributed by atoms with Gasteiger partial charge in [-0.1, -0.05) is 0 Å². The number of aryl methyl sites for hydroxylation is 1. The lowest BCUT2D eigenvalue weighted by Gasteiger charge is -1.85. The normalized spacial score (nSPS) is 10.0. The van der Waals surface area contributed by atoms with Crippen LogP contribution in [-0.4, -0.2) is 4.98 Å². The zero-order chi connectivity index (χ0) is 6.85. The van der Waals surface area contributed by atoms with E-state index >= 15 is 0 Å². The zero-order valence-corrected chi connectivity index (χ0v) is 6.03. The van der Waals surface area contributed by atoms with E-state index in [4.69, 9.17) is 11.5 Å². The number of aromatic nitrogens is 1. The van der Waals surface area contributed by atoms with Gasteiger partial charge in [0.15, 0.2) is 5.13 Å². The van der Waals surface area contributed by atoms with Gasteiger partial charge >= 0.3 is 0 Å². The third-order valence-electron chi connectivity index (χ3n) is 1.09. The second-order valence-corrected chi connectivity index (χ2v) is 2.88. The molecule has 0 atom stereocenters. The molecule has 1 aromatic rings. The van der Waals surface area contributed by atoms with Gasteiger partial charge < -0.3 is 11.5 Å². The molecule has 0 aromatic carbocycles. The minimum absolute atomic E-state index is 0.542. The molecule has 3 nitrogen and oxygen atoms in total. The van der Waals surface area contributed by atoms with Gasteiger partial charge in [0.05, 0.1) is 5.69 Å². The molecule has 0 spiro atoms. The molecule has 0 aliphatic carbocycles. The van der Waals surface area contributed by atoms with Gasteiger partial charge in [-0.3, -0.25) is 0 Å². The summed E-state index contributed by atoms with van der Waals surface area (Å²) in [4.78, 5) is 5.07. The highest BCUT2D eigenvalue weighted by Crippen LogP contribution is 2.17. The first kappa shape index (κ1) is 6.51. The SMILES string of the molecule is Cc1nc(N)sc1CN. The van der Waals surface area contributed by atoms with E-state index in [1.807, 2.05) is 6.92 Å². The van der Waals surface area contributed by atoms with Crippen LogP contribution in [-0.2, 0) is 6.54 Å². The lowest BCUT2D eigenvalue weighted by molar-refractivity contribution is 1.06. The van der Waals surface area contributed by atoms with E-state index in [9.17, 15) is 0 Å². The standard InChI is InChI=1S/C5H9N3S/c1-3-4(2-6)9-5(7)8-3/h2,6H2,1H3,(H2,7,8). The van der Waals surface area contributed by atoms with Gasteiger partial charge in [-0.25, -0.2) is 4.98 Å². The fourth-order valence-corrected chi connectivity index (χ4v) is 1.35. The number of hydrogen-bond acceptors (Lipinski definition) is 4. The van der Waals surface area contributed by atoms with Crippen molar-refractivity contribution < 1.29 is 0 Å². The Bertz CT molecular complexity index is 206. The van der Waals surface area contributed by atoms with Crippen molar-refractivity contribution in [1.29, 1.82) is 0 Å². The second-order valence-electron chi connectivity index (χ2n) is 1.76. The Morgan fingerprint density at radius 1 is 1.67 bits per heavy atom. The molecule has 0 radical (unpaired) electrons. The van der Waals surface area contributed by atoms with Gasteiger partial charge in [-0.2, -0.15) is 0 Å². The highest BCUT2D eigenvalue weighted by Gasteiger charge is 2.00. The fourth-order valence-electron chi connectivity index (χ4n) is 0.640. The topological polar surface area (TPSA) is 64.9 Å². The average molecular weight is 143 g/mol. The maximum atomic E-state index is 5.41. The first-order valence-corrected chi connectivity index (χ1v) is 3.47. The highest BCUT2D eigenvalue weighted by molar-refractivity contribution is 7.15. The number of hydrogen-bond donors (Lipinski definition) is 2. The molecule has 1 heterocycles. The molecule has 0 amide bonds. The van der Waals surface area contributed by atoms with Gasteiger partial charge in [-0.05, 0) is 6.92 Å². The smallest absolute Gasteiger partial charge is 0.180 e. The van der Waals surface area contributed by atoms with Crippen LogP contribution in [0, 0.1) is 6.92 Å². The maximum Gasteiger partial charge on any atom is 0.180 e. The van der Waals surface area contributed by atoms with Crippen LogP contribution in [0.5, 0.6) is 0 Å². The van der Waals surface area contributed by atoms with Crippen LogP contribution in [0.4, 0.5) is 5.13 Å². The zero-order valence-electron chi connectivity index (χ0n) is 5.22. The van der Waals surface area contributed by atoms with Gasteiger partial charge in [0.2, 0.25) is 0 Å². The number of rotatable bonds is 1. The quantitative estimate of drug-likeness (QED) is 0.601.